The zero-order chi connectivity index (χ0) is 11.3. The SMILES string of the molecule is CCCC(CC)C1CC=C(CO)CC1C. The first kappa shape index (κ1) is 12.8. The third-order valence-electron chi connectivity index (χ3n) is 3.99. The van der Waals surface area contributed by atoms with Crippen LogP contribution in [0.2, 0.25) is 0 Å². The molecule has 0 fully saturated rings. The maximum Gasteiger partial charge on any atom is 0.0641 e. The van der Waals surface area contributed by atoms with Crippen molar-refractivity contribution in [1.82, 2.24) is 0 Å². The van der Waals surface area contributed by atoms with E-state index in [1.54, 1.807) is 0 Å². The summed E-state index contributed by atoms with van der Waals surface area (Å²) in [6.07, 6.45) is 8.57. The average Bonchev–Trinajstić information content (AvgIpc) is 2.26. The third-order valence-corrected chi connectivity index (χ3v) is 3.99. The molecule has 0 saturated carbocycles. The number of hydrogen-bond acceptors (Lipinski definition) is 1. The molecule has 0 heterocycles. The smallest absolute Gasteiger partial charge is 0.0641 e. The zero-order valence-electron chi connectivity index (χ0n) is 10.5. The molecule has 0 aromatic rings. The summed E-state index contributed by atoms with van der Waals surface area (Å²) < 4.78 is 0. The summed E-state index contributed by atoms with van der Waals surface area (Å²) in [7, 11) is 0. The molecule has 0 amide bonds. The van der Waals surface area contributed by atoms with Crippen LogP contribution in [0.15, 0.2) is 11.6 Å². The Morgan fingerprint density at radius 3 is 2.67 bits per heavy atom. The molecule has 3 unspecified atom stereocenters. The van der Waals surface area contributed by atoms with Crippen LogP contribution in [0.1, 0.15) is 52.9 Å². The Kier molecular flexibility index (Phi) is 5.38. The molecule has 3 atom stereocenters. The molecule has 0 saturated heterocycles. The summed E-state index contributed by atoms with van der Waals surface area (Å²) in [6.45, 7) is 7.22. The van der Waals surface area contributed by atoms with Gasteiger partial charge < -0.3 is 5.11 Å². The van der Waals surface area contributed by atoms with E-state index in [2.05, 4.69) is 26.8 Å². The van der Waals surface area contributed by atoms with E-state index in [4.69, 9.17) is 5.11 Å². The fraction of sp³-hybridized carbons (Fsp3) is 0.857. The number of hydrogen-bond donors (Lipinski definition) is 1. The Morgan fingerprint density at radius 2 is 2.20 bits per heavy atom. The molecule has 1 N–H and O–H groups in total. The van der Waals surface area contributed by atoms with Crippen molar-refractivity contribution in [1.29, 1.82) is 0 Å². The normalized spacial score (nSPS) is 28.7. The summed E-state index contributed by atoms with van der Waals surface area (Å²) >= 11 is 0. The molecule has 0 aromatic carbocycles. The number of rotatable bonds is 5. The summed E-state index contributed by atoms with van der Waals surface area (Å²) in [5, 5.41) is 9.13. The molecule has 0 radical (unpaired) electrons. The van der Waals surface area contributed by atoms with Gasteiger partial charge in [0.15, 0.2) is 0 Å². The van der Waals surface area contributed by atoms with E-state index in [1.165, 1.54) is 31.3 Å². The monoisotopic (exact) mass is 210 g/mol. The van der Waals surface area contributed by atoms with Gasteiger partial charge in [-0.25, -0.2) is 0 Å². The first-order valence-corrected chi connectivity index (χ1v) is 6.51. The van der Waals surface area contributed by atoms with Crippen molar-refractivity contribution in [2.45, 2.75) is 52.9 Å². The van der Waals surface area contributed by atoms with Crippen LogP contribution in [0.5, 0.6) is 0 Å². The Hall–Kier alpha value is -0.300. The highest BCUT2D eigenvalue weighted by Crippen LogP contribution is 2.37. The van der Waals surface area contributed by atoms with Crippen molar-refractivity contribution in [2.24, 2.45) is 17.8 Å². The topological polar surface area (TPSA) is 20.2 Å². The van der Waals surface area contributed by atoms with Gasteiger partial charge in [0.25, 0.3) is 0 Å². The van der Waals surface area contributed by atoms with Crippen LogP contribution in [0.3, 0.4) is 0 Å². The first-order chi connectivity index (χ1) is 7.22. The Bertz CT molecular complexity index is 207. The first-order valence-electron chi connectivity index (χ1n) is 6.51. The molecular formula is C14H26O. The van der Waals surface area contributed by atoms with Gasteiger partial charge in [0, 0.05) is 0 Å². The van der Waals surface area contributed by atoms with Gasteiger partial charge >= 0.3 is 0 Å². The molecule has 88 valence electrons. The predicted octanol–water partition coefficient (Wildman–Crippen LogP) is 3.78. The van der Waals surface area contributed by atoms with Crippen molar-refractivity contribution in [2.75, 3.05) is 6.61 Å². The lowest BCUT2D eigenvalue weighted by Crippen LogP contribution is -2.25. The van der Waals surface area contributed by atoms with E-state index in [-0.39, 0.29) is 6.61 Å². The molecule has 1 rings (SSSR count). The van der Waals surface area contributed by atoms with Crippen LogP contribution in [0.25, 0.3) is 0 Å². The molecule has 0 bridgehead atoms. The van der Waals surface area contributed by atoms with Crippen molar-refractivity contribution < 1.29 is 5.11 Å². The summed E-state index contributed by atoms with van der Waals surface area (Å²) in [5.41, 5.74) is 1.25. The minimum atomic E-state index is 0.266. The molecule has 0 aromatic heterocycles. The molecule has 1 nitrogen and oxygen atoms in total. The average molecular weight is 210 g/mol. The van der Waals surface area contributed by atoms with Gasteiger partial charge in [0.05, 0.1) is 6.61 Å². The summed E-state index contributed by atoms with van der Waals surface area (Å²) in [5.74, 6) is 2.50. The van der Waals surface area contributed by atoms with E-state index >= 15 is 0 Å². The molecule has 0 spiro atoms. The van der Waals surface area contributed by atoms with Gasteiger partial charge in [-0.15, -0.1) is 0 Å². The maximum atomic E-state index is 9.13. The lowest BCUT2D eigenvalue weighted by molar-refractivity contribution is 0.201. The van der Waals surface area contributed by atoms with Crippen LogP contribution in [0.4, 0.5) is 0 Å². The van der Waals surface area contributed by atoms with Gasteiger partial charge in [0.2, 0.25) is 0 Å². The Balaban J connectivity index is 2.59. The molecule has 0 aliphatic heterocycles. The van der Waals surface area contributed by atoms with Crippen LogP contribution in [-0.2, 0) is 0 Å². The fourth-order valence-electron chi connectivity index (χ4n) is 3.06. The van der Waals surface area contributed by atoms with E-state index in [0.29, 0.717) is 0 Å². The van der Waals surface area contributed by atoms with E-state index in [1.807, 2.05) is 0 Å². The second-order valence-corrected chi connectivity index (χ2v) is 5.06. The van der Waals surface area contributed by atoms with Gasteiger partial charge in [-0.1, -0.05) is 46.1 Å². The zero-order valence-corrected chi connectivity index (χ0v) is 10.5. The maximum absolute atomic E-state index is 9.13. The van der Waals surface area contributed by atoms with Crippen molar-refractivity contribution in [3.8, 4) is 0 Å². The fourth-order valence-corrected chi connectivity index (χ4v) is 3.06. The Labute approximate surface area is 94.6 Å². The molecule has 1 aliphatic rings. The number of aliphatic hydroxyl groups is 1. The minimum absolute atomic E-state index is 0.266. The van der Waals surface area contributed by atoms with Gasteiger partial charge in [-0.2, -0.15) is 0 Å². The summed E-state index contributed by atoms with van der Waals surface area (Å²) in [6, 6.07) is 0. The Morgan fingerprint density at radius 1 is 1.47 bits per heavy atom. The van der Waals surface area contributed by atoms with Crippen LogP contribution in [-0.4, -0.2) is 11.7 Å². The highest BCUT2D eigenvalue weighted by atomic mass is 16.3. The predicted molar refractivity (Wildman–Crippen MR) is 65.7 cm³/mol. The van der Waals surface area contributed by atoms with Gasteiger partial charge in [0.1, 0.15) is 0 Å². The molecule has 1 heteroatoms. The highest BCUT2D eigenvalue weighted by molar-refractivity contribution is 5.08. The van der Waals surface area contributed by atoms with Crippen molar-refractivity contribution in [3.63, 3.8) is 0 Å². The lowest BCUT2D eigenvalue weighted by atomic mass is 9.71. The van der Waals surface area contributed by atoms with Crippen LogP contribution < -0.4 is 0 Å². The number of aliphatic hydroxyl groups excluding tert-OH is 1. The van der Waals surface area contributed by atoms with Gasteiger partial charge in [-0.3, -0.25) is 0 Å². The third kappa shape index (κ3) is 3.34. The standard InChI is InChI=1S/C14H26O/c1-4-6-13(5-2)14-8-7-12(10-15)9-11(14)3/h7,11,13-15H,4-6,8-10H2,1-3H3. The molecule has 1 aliphatic carbocycles. The molecule has 15 heavy (non-hydrogen) atoms. The van der Waals surface area contributed by atoms with Crippen LogP contribution >= 0.6 is 0 Å². The molecular weight excluding hydrogens is 184 g/mol. The second kappa shape index (κ2) is 6.32. The van der Waals surface area contributed by atoms with E-state index in [9.17, 15) is 0 Å². The van der Waals surface area contributed by atoms with Crippen molar-refractivity contribution >= 4 is 0 Å². The van der Waals surface area contributed by atoms with Crippen LogP contribution in [0, 0.1) is 17.8 Å². The van der Waals surface area contributed by atoms with E-state index in [0.717, 1.165) is 24.2 Å². The number of allylic oxidation sites excluding steroid dienone is 1. The van der Waals surface area contributed by atoms with E-state index < -0.39 is 0 Å². The summed E-state index contributed by atoms with van der Waals surface area (Å²) in [4.78, 5) is 0. The lowest BCUT2D eigenvalue weighted by Gasteiger charge is -2.34. The highest BCUT2D eigenvalue weighted by Gasteiger charge is 2.27. The largest absolute Gasteiger partial charge is 0.392 e. The van der Waals surface area contributed by atoms with Crippen molar-refractivity contribution in [3.05, 3.63) is 11.6 Å². The van der Waals surface area contributed by atoms with Gasteiger partial charge in [-0.05, 0) is 36.2 Å². The second-order valence-electron chi connectivity index (χ2n) is 5.06. The minimum Gasteiger partial charge on any atom is -0.392 e. The quantitative estimate of drug-likeness (QED) is 0.685.